The summed E-state index contributed by atoms with van der Waals surface area (Å²) in [5, 5.41) is 14.1. The van der Waals surface area contributed by atoms with Crippen molar-refractivity contribution in [2.75, 3.05) is 7.11 Å². The first-order chi connectivity index (χ1) is 16.4. The summed E-state index contributed by atoms with van der Waals surface area (Å²) in [6.07, 6.45) is 0.391. The van der Waals surface area contributed by atoms with Gasteiger partial charge in [0.1, 0.15) is 30.0 Å². The molecule has 6 nitrogen and oxygen atoms in total. The minimum Gasteiger partial charge on any atom is -0.496 e. The Bertz CT molecular complexity index is 1390. The monoisotopic (exact) mass is 480 g/mol. The Morgan fingerprint density at radius 2 is 2.00 bits per heavy atom. The summed E-state index contributed by atoms with van der Waals surface area (Å²) < 4.78 is 24.8. The molecule has 0 saturated heterocycles. The normalized spacial score (nSPS) is 17.4. The van der Waals surface area contributed by atoms with Crippen molar-refractivity contribution in [2.45, 2.75) is 25.1 Å². The summed E-state index contributed by atoms with van der Waals surface area (Å²) in [6.45, 7) is 0.160. The van der Waals surface area contributed by atoms with Crippen molar-refractivity contribution < 1.29 is 23.8 Å². The Balaban J connectivity index is 1.51. The van der Waals surface area contributed by atoms with Crippen molar-refractivity contribution in [3.63, 3.8) is 0 Å². The van der Waals surface area contributed by atoms with Crippen molar-refractivity contribution in [3.05, 3.63) is 93.9 Å². The van der Waals surface area contributed by atoms with Gasteiger partial charge in [-0.3, -0.25) is 10.1 Å². The number of hydrogen-bond acceptors (Lipinski definition) is 4. The van der Waals surface area contributed by atoms with Crippen LogP contribution >= 0.6 is 11.6 Å². The summed E-state index contributed by atoms with van der Waals surface area (Å²) in [7, 11) is 1.57. The van der Waals surface area contributed by atoms with Crippen LogP contribution in [0.2, 0.25) is 5.02 Å². The van der Waals surface area contributed by atoms with Crippen molar-refractivity contribution in [2.24, 2.45) is 0 Å². The van der Waals surface area contributed by atoms with E-state index in [0.717, 1.165) is 33.3 Å². The van der Waals surface area contributed by atoms with Crippen molar-refractivity contribution in [1.29, 1.82) is 0 Å². The lowest BCUT2D eigenvalue weighted by Crippen LogP contribution is -2.45. The van der Waals surface area contributed by atoms with Crippen molar-refractivity contribution in [3.8, 4) is 11.5 Å². The second-order valence-electron chi connectivity index (χ2n) is 8.19. The predicted molar refractivity (Wildman–Crippen MR) is 127 cm³/mol. The summed E-state index contributed by atoms with van der Waals surface area (Å²) in [5.74, 6) is -0.358. The minimum absolute atomic E-state index is 0.0179. The number of methoxy groups -OCH3 is 1. The molecule has 8 heteroatoms. The zero-order valence-corrected chi connectivity index (χ0v) is 19.0. The van der Waals surface area contributed by atoms with Crippen LogP contribution in [0, 0.1) is 5.82 Å². The van der Waals surface area contributed by atoms with E-state index in [1.54, 1.807) is 7.11 Å². The smallest absolute Gasteiger partial charge is 0.321 e. The highest BCUT2D eigenvalue weighted by molar-refractivity contribution is 6.30. The number of carbonyl (C=O) groups is 1. The number of H-pyrrole nitrogens is 1. The topological polar surface area (TPSA) is 83.6 Å². The molecule has 0 saturated carbocycles. The van der Waals surface area contributed by atoms with Crippen LogP contribution in [-0.4, -0.2) is 29.2 Å². The van der Waals surface area contributed by atoms with Crippen LogP contribution < -0.4 is 14.8 Å². The molecule has 4 aromatic rings. The van der Waals surface area contributed by atoms with Crippen LogP contribution in [-0.2, 0) is 17.8 Å². The first-order valence-electron chi connectivity index (χ1n) is 10.8. The molecule has 0 fully saturated rings. The third kappa shape index (κ3) is 4.08. The van der Waals surface area contributed by atoms with Gasteiger partial charge >= 0.3 is 5.97 Å². The Labute approximate surface area is 200 Å². The average molecular weight is 481 g/mol. The van der Waals surface area contributed by atoms with E-state index >= 15 is 0 Å². The van der Waals surface area contributed by atoms with Crippen molar-refractivity contribution in [1.82, 2.24) is 10.3 Å². The van der Waals surface area contributed by atoms with Crippen LogP contribution in [0.3, 0.4) is 0 Å². The zero-order chi connectivity index (χ0) is 23.8. The van der Waals surface area contributed by atoms with E-state index < -0.39 is 17.8 Å². The molecule has 2 unspecified atom stereocenters. The summed E-state index contributed by atoms with van der Waals surface area (Å²) in [6, 6.07) is 16.7. The van der Waals surface area contributed by atoms with Gasteiger partial charge in [0.15, 0.2) is 0 Å². The maximum Gasteiger partial charge on any atom is 0.321 e. The van der Waals surface area contributed by atoms with Gasteiger partial charge in [0, 0.05) is 34.6 Å². The second-order valence-corrected chi connectivity index (χ2v) is 8.60. The molecule has 34 heavy (non-hydrogen) atoms. The van der Waals surface area contributed by atoms with Gasteiger partial charge in [-0.15, -0.1) is 0 Å². The van der Waals surface area contributed by atoms with E-state index in [0.29, 0.717) is 17.9 Å². The largest absolute Gasteiger partial charge is 0.496 e. The number of aliphatic carboxylic acids is 1. The third-order valence-electron chi connectivity index (χ3n) is 6.13. The number of nitrogens with one attached hydrogen (secondary N) is 2. The first kappa shape index (κ1) is 22.3. The SMILES string of the molecule is COc1ccc(C2NC(C(=O)O)Cc3c2[nH]c2ccccc32)cc1COc1ccc(F)c(Cl)c1. The van der Waals surface area contributed by atoms with Gasteiger partial charge in [-0.25, -0.2) is 4.39 Å². The molecule has 1 aromatic heterocycles. The molecule has 1 aliphatic rings. The van der Waals surface area contributed by atoms with Gasteiger partial charge in [0.25, 0.3) is 0 Å². The van der Waals surface area contributed by atoms with Crippen molar-refractivity contribution >= 4 is 28.5 Å². The Kier molecular flexibility index (Phi) is 5.89. The van der Waals surface area contributed by atoms with Crippen LogP contribution in [0.5, 0.6) is 11.5 Å². The number of ether oxygens (including phenoxy) is 2. The van der Waals surface area contributed by atoms with Crippen LogP contribution in [0.4, 0.5) is 4.39 Å². The highest BCUT2D eigenvalue weighted by Gasteiger charge is 2.34. The minimum atomic E-state index is -0.897. The lowest BCUT2D eigenvalue weighted by atomic mass is 9.89. The van der Waals surface area contributed by atoms with E-state index in [4.69, 9.17) is 21.1 Å². The Hall–Kier alpha value is -3.55. The summed E-state index contributed by atoms with van der Waals surface area (Å²) >= 11 is 5.86. The van der Waals surface area contributed by atoms with Gasteiger partial charge in [-0.05, 0) is 41.5 Å². The van der Waals surface area contributed by atoms with E-state index in [1.165, 1.54) is 18.2 Å². The van der Waals surface area contributed by atoms with Crippen LogP contribution in [0.25, 0.3) is 10.9 Å². The molecule has 0 bridgehead atoms. The number of halogens is 2. The molecular weight excluding hydrogens is 459 g/mol. The summed E-state index contributed by atoms with van der Waals surface area (Å²) in [4.78, 5) is 15.4. The number of fused-ring (bicyclic) bond motifs is 3. The van der Waals surface area contributed by atoms with E-state index in [2.05, 4.69) is 10.3 Å². The number of para-hydroxylation sites is 1. The number of aromatic nitrogens is 1. The number of rotatable bonds is 6. The highest BCUT2D eigenvalue weighted by Crippen LogP contribution is 2.36. The third-order valence-corrected chi connectivity index (χ3v) is 6.42. The van der Waals surface area contributed by atoms with Gasteiger partial charge < -0.3 is 19.6 Å². The molecular formula is C26H22ClFN2O4. The molecule has 0 radical (unpaired) electrons. The standard InChI is InChI=1S/C26H22ClFN2O4/c1-33-23-9-6-14(10-15(23)13-34-16-7-8-20(28)19(27)11-16)24-25-18(12-22(30-24)26(31)32)17-4-2-3-5-21(17)29-25/h2-11,22,24,29-30H,12-13H2,1H3,(H,31,32). The second kappa shape index (κ2) is 9.00. The number of carboxylic acids is 1. The Morgan fingerprint density at radius 3 is 2.76 bits per heavy atom. The van der Waals surface area contributed by atoms with Gasteiger partial charge in [0.2, 0.25) is 0 Å². The summed E-state index contributed by atoms with van der Waals surface area (Å²) in [5.41, 5.74) is 4.55. The van der Waals surface area contributed by atoms with E-state index in [1.807, 2.05) is 42.5 Å². The number of hydrogen-bond donors (Lipinski definition) is 3. The van der Waals surface area contributed by atoms with Crippen LogP contribution in [0.15, 0.2) is 60.7 Å². The molecule has 0 spiro atoms. The predicted octanol–water partition coefficient (Wildman–Crippen LogP) is 5.24. The molecule has 2 heterocycles. The lowest BCUT2D eigenvalue weighted by Gasteiger charge is -2.30. The first-order valence-corrected chi connectivity index (χ1v) is 11.2. The van der Waals surface area contributed by atoms with Gasteiger partial charge in [-0.2, -0.15) is 0 Å². The zero-order valence-electron chi connectivity index (χ0n) is 18.3. The molecule has 1 aliphatic heterocycles. The van der Waals surface area contributed by atoms with Crippen LogP contribution in [0.1, 0.15) is 28.4 Å². The Morgan fingerprint density at radius 1 is 1.18 bits per heavy atom. The molecule has 0 aliphatic carbocycles. The molecule has 3 aromatic carbocycles. The molecule has 174 valence electrons. The van der Waals surface area contributed by atoms with Gasteiger partial charge in [-0.1, -0.05) is 35.9 Å². The molecule has 3 N–H and O–H groups in total. The maximum atomic E-state index is 13.5. The number of benzene rings is 3. The molecule has 0 amide bonds. The molecule has 2 atom stereocenters. The number of carboxylic acid groups (broad SMARTS) is 1. The quantitative estimate of drug-likeness (QED) is 0.351. The highest BCUT2D eigenvalue weighted by atomic mass is 35.5. The van der Waals surface area contributed by atoms with Gasteiger partial charge in [0.05, 0.1) is 18.2 Å². The van der Waals surface area contributed by atoms with E-state index in [9.17, 15) is 14.3 Å². The fourth-order valence-corrected chi connectivity index (χ4v) is 4.65. The van der Waals surface area contributed by atoms with E-state index in [-0.39, 0.29) is 17.7 Å². The molecule has 5 rings (SSSR count). The maximum absolute atomic E-state index is 13.5. The number of aromatic amines is 1. The fourth-order valence-electron chi connectivity index (χ4n) is 4.47. The lowest BCUT2D eigenvalue weighted by molar-refractivity contribution is -0.139. The fraction of sp³-hybridized carbons (Fsp3) is 0.192. The average Bonchev–Trinajstić information content (AvgIpc) is 3.22.